The van der Waals surface area contributed by atoms with Gasteiger partial charge in [0.2, 0.25) is 11.6 Å². The number of nitrogens with one attached hydrogen (secondary N) is 2. The number of fused-ring (bicyclic) bond motifs is 2. The summed E-state index contributed by atoms with van der Waals surface area (Å²) in [4.78, 5) is 0. The number of nitrogens with zero attached hydrogens (tertiary/aromatic N) is 4. The van der Waals surface area contributed by atoms with Crippen LogP contribution in [0, 0.1) is 0 Å². The predicted molar refractivity (Wildman–Crippen MR) is 103 cm³/mol. The van der Waals surface area contributed by atoms with Crippen LogP contribution in [-0.2, 0) is 0 Å². The molecule has 0 bridgehead atoms. The summed E-state index contributed by atoms with van der Waals surface area (Å²) in [5, 5.41) is 24.4. The molecule has 0 aliphatic rings. The Morgan fingerprint density at radius 3 is 1.31 bits per heavy atom. The van der Waals surface area contributed by atoms with E-state index < -0.39 is 0 Å². The first-order valence-electron chi connectivity index (χ1n) is 8.20. The van der Waals surface area contributed by atoms with Crippen LogP contribution in [0.15, 0.2) is 95.2 Å². The van der Waals surface area contributed by atoms with Crippen LogP contribution in [0.2, 0.25) is 0 Å². The second-order valence-electron chi connectivity index (χ2n) is 5.54. The Morgan fingerprint density at radius 1 is 0.500 bits per heavy atom. The Kier molecular flexibility index (Phi) is 4.47. The van der Waals surface area contributed by atoms with Crippen LogP contribution in [0.5, 0.6) is 0 Å². The summed E-state index contributed by atoms with van der Waals surface area (Å²) in [6, 6.07) is 27.6. The van der Waals surface area contributed by atoms with E-state index in [1.165, 1.54) is 0 Å². The molecule has 26 heavy (non-hydrogen) atoms. The molecule has 2 N–H and O–H groups in total. The molecule has 0 aliphatic carbocycles. The van der Waals surface area contributed by atoms with Gasteiger partial charge in [0.15, 0.2) is 0 Å². The summed E-state index contributed by atoms with van der Waals surface area (Å²) in [6.07, 6.45) is 0. The zero-order valence-electron chi connectivity index (χ0n) is 13.9. The molecule has 0 spiro atoms. The van der Waals surface area contributed by atoms with E-state index in [2.05, 4.69) is 30.6 Å². The quantitative estimate of drug-likeness (QED) is 0.413. The van der Waals surface area contributed by atoms with E-state index in [0.717, 1.165) is 21.8 Å². The lowest BCUT2D eigenvalue weighted by Crippen LogP contribution is -1.66. The molecule has 2 heterocycles. The molecule has 2 aromatic heterocycles. The Labute approximate surface area is 149 Å². The van der Waals surface area contributed by atoms with Crippen molar-refractivity contribution in [3.05, 3.63) is 84.9 Å². The highest BCUT2D eigenvalue weighted by atomic mass is 15.3. The molecular weight excluding hydrogens is 324 g/mol. The monoisotopic (exact) mass is 340 g/mol. The minimum atomic E-state index is 0.563. The van der Waals surface area contributed by atoms with Gasteiger partial charge in [0, 0.05) is 10.8 Å². The molecular formula is C20H16N6. The lowest BCUT2D eigenvalue weighted by Gasteiger charge is -1.88. The molecule has 0 fully saturated rings. The summed E-state index contributed by atoms with van der Waals surface area (Å²) < 4.78 is 0. The van der Waals surface area contributed by atoms with E-state index in [-0.39, 0.29) is 0 Å². The molecule has 6 nitrogen and oxygen atoms in total. The van der Waals surface area contributed by atoms with Gasteiger partial charge < -0.3 is 0 Å². The third kappa shape index (κ3) is 3.34. The molecule has 0 unspecified atom stereocenters. The number of azo groups is 1. The third-order valence-electron chi connectivity index (χ3n) is 3.81. The summed E-state index contributed by atoms with van der Waals surface area (Å²) in [7, 11) is 0. The van der Waals surface area contributed by atoms with Crippen LogP contribution in [-0.4, -0.2) is 20.4 Å². The number of para-hydroxylation sites is 2. The number of rotatable bonds is 2. The standard InChI is InChI=1S/C14H10N6.C6H6/c1-3-7-11-9(5-1)13(17-15-11)19-20-14-10-6-2-4-8-12(10)16-18-14;1-2-4-6-5-3-1/h1-8H,(H,15,17)(H,16,18);1-6H. The Hall–Kier alpha value is -3.80. The van der Waals surface area contributed by atoms with E-state index >= 15 is 0 Å². The van der Waals surface area contributed by atoms with E-state index in [0.29, 0.717) is 11.6 Å². The van der Waals surface area contributed by atoms with Crippen LogP contribution >= 0.6 is 0 Å². The summed E-state index contributed by atoms with van der Waals surface area (Å²) in [6.45, 7) is 0. The van der Waals surface area contributed by atoms with Crippen LogP contribution in [0.3, 0.4) is 0 Å². The van der Waals surface area contributed by atoms with Gasteiger partial charge in [-0.15, -0.1) is 10.2 Å². The molecule has 0 amide bonds. The van der Waals surface area contributed by atoms with Crippen molar-refractivity contribution in [1.29, 1.82) is 0 Å². The fourth-order valence-electron chi connectivity index (χ4n) is 2.53. The Bertz CT molecular complexity index is 1040. The normalized spacial score (nSPS) is 10.9. The second-order valence-corrected chi connectivity index (χ2v) is 5.54. The Balaban J connectivity index is 0.000000240. The lowest BCUT2D eigenvalue weighted by molar-refractivity contribution is 1.04. The van der Waals surface area contributed by atoms with Crippen LogP contribution in [0.4, 0.5) is 11.6 Å². The van der Waals surface area contributed by atoms with Gasteiger partial charge >= 0.3 is 0 Å². The maximum Gasteiger partial charge on any atom is 0.203 e. The van der Waals surface area contributed by atoms with Gasteiger partial charge in [-0.05, 0) is 24.3 Å². The predicted octanol–water partition coefficient (Wildman–Crippen LogP) is 5.54. The first-order chi connectivity index (χ1) is 12.9. The van der Waals surface area contributed by atoms with Crippen molar-refractivity contribution in [2.24, 2.45) is 10.2 Å². The van der Waals surface area contributed by atoms with E-state index in [1.807, 2.05) is 84.9 Å². The smallest absolute Gasteiger partial charge is 0.203 e. The van der Waals surface area contributed by atoms with E-state index in [4.69, 9.17) is 0 Å². The maximum absolute atomic E-state index is 4.19. The highest BCUT2D eigenvalue weighted by Crippen LogP contribution is 2.27. The topological polar surface area (TPSA) is 82.1 Å². The first kappa shape index (κ1) is 15.7. The average Bonchev–Trinajstić information content (AvgIpc) is 3.32. The van der Waals surface area contributed by atoms with Crippen LogP contribution in [0.1, 0.15) is 0 Å². The lowest BCUT2D eigenvalue weighted by atomic mass is 10.2. The molecule has 3 aromatic carbocycles. The van der Waals surface area contributed by atoms with Crippen LogP contribution in [0.25, 0.3) is 21.8 Å². The highest BCUT2D eigenvalue weighted by molar-refractivity contribution is 5.89. The molecule has 5 aromatic rings. The van der Waals surface area contributed by atoms with Crippen molar-refractivity contribution in [1.82, 2.24) is 20.4 Å². The number of hydrogen-bond donors (Lipinski definition) is 2. The van der Waals surface area contributed by atoms with Gasteiger partial charge in [0.1, 0.15) is 0 Å². The average molecular weight is 340 g/mol. The molecule has 0 saturated carbocycles. The molecule has 0 radical (unpaired) electrons. The molecule has 0 saturated heterocycles. The van der Waals surface area contributed by atoms with Gasteiger partial charge in [-0.25, -0.2) is 0 Å². The van der Waals surface area contributed by atoms with Gasteiger partial charge in [-0.1, -0.05) is 60.7 Å². The van der Waals surface area contributed by atoms with Crippen molar-refractivity contribution >= 4 is 33.4 Å². The van der Waals surface area contributed by atoms with Crippen molar-refractivity contribution in [3.63, 3.8) is 0 Å². The SMILES string of the molecule is c1ccc2c(N=Nc3n[nH]c4ccccc34)n[nH]c2c1.c1ccccc1. The molecule has 0 aliphatic heterocycles. The highest BCUT2D eigenvalue weighted by Gasteiger charge is 2.06. The van der Waals surface area contributed by atoms with E-state index in [1.54, 1.807) is 0 Å². The number of aromatic nitrogens is 4. The Morgan fingerprint density at radius 2 is 0.885 bits per heavy atom. The molecule has 126 valence electrons. The second kappa shape index (κ2) is 7.40. The number of benzene rings is 3. The minimum Gasteiger partial charge on any atom is -0.276 e. The zero-order chi connectivity index (χ0) is 17.6. The van der Waals surface area contributed by atoms with E-state index in [9.17, 15) is 0 Å². The third-order valence-corrected chi connectivity index (χ3v) is 3.81. The van der Waals surface area contributed by atoms with Crippen molar-refractivity contribution in [3.8, 4) is 0 Å². The first-order valence-corrected chi connectivity index (χ1v) is 8.20. The minimum absolute atomic E-state index is 0.563. The number of H-pyrrole nitrogens is 2. The molecule has 0 atom stereocenters. The number of aromatic amines is 2. The summed E-state index contributed by atoms with van der Waals surface area (Å²) in [5.74, 6) is 1.13. The fourth-order valence-corrected chi connectivity index (χ4v) is 2.53. The van der Waals surface area contributed by atoms with Crippen LogP contribution < -0.4 is 0 Å². The fraction of sp³-hybridized carbons (Fsp3) is 0. The maximum atomic E-state index is 4.19. The van der Waals surface area contributed by atoms with Crippen molar-refractivity contribution < 1.29 is 0 Å². The van der Waals surface area contributed by atoms with Crippen molar-refractivity contribution in [2.45, 2.75) is 0 Å². The summed E-state index contributed by atoms with van der Waals surface area (Å²) >= 11 is 0. The number of hydrogen-bond acceptors (Lipinski definition) is 4. The largest absolute Gasteiger partial charge is 0.276 e. The van der Waals surface area contributed by atoms with Gasteiger partial charge in [0.25, 0.3) is 0 Å². The van der Waals surface area contributed by atoms with Gasteiger partial charge in [0.05, 0.1) is 11.0 Å². The zero-order valence-corrected chi connectivity index (χ0v) is 13.9. The molecule has 6 heteroatoms. The van der Waals surface area contributed by atoms with Crippen molar-refractivity contribution in [2.75, 3.05) is 0 Å². The summed E-state index contributed by atoms with van der Waals surface area (Å²) in [5.41, 5.74) is 1.88. The van der Waals surface area contributed by atoms with Gasteiger partial charge in [-0.2, -0.15) is 10.2 Å². The van der Waals surface area contributed by atoms with Gasteiger partial charge in [-0.3, -0.25) is 10.2 Å². The molecule has 5 rings (SSSR count).